The highest BCUT2D eigenvalue weighted by Gasteiger charge is 2.32. The summed E-state index contributed by atoms with van der Waals surface area (Å²) in [6.07, 6.45) is -3.68. The summed E-state index contributed by atoms with van der Waals surface area (Å²) in [5.74, 6) is 0. The minimum Gasteiger partial charge on any atom is -0.363 e. The van der Waals surface area contributed by atoms with Gasteiger partial charge in [0.05, 0.1) is 22.8 Å². The van der Waals surface area contributed by atoms with Gasteiger partial charge in [0, 0.05) is 30.9 Å². The number of halogens is 4. The van der Waals surface area contributed by atoms with E-state index in [0.717, 1.165) is 23.7 Å². The van der Waals surface area contributed by atoms with E-state index in [2.05, 4.69) is 4.90 Å². The van der Waals surface area contributed by atoms with Crippen LogP contribution < -0.4 is 4.90 Å². The molecule has 2 aromatic carbocycles. The molecule has 1 aliphatic rings. The van der Waals surface area contributed by atoms with Gasteiger partial charge in [0.15, 0.2) is 0 Å². The third-order valence-electron chi connectivity index (χ3n) is 5.54. The van der Waals surface area contributed by atoms with Crippen LogP contribution >= 0.6 is 11.6 Å². The maximum absolute atomic E-state index is 13.3. The molecule has 1 aliphatic heterocycles. The van der Waals surface area contributed by atoms with Crippen molar-refractivity contribution in [1.82, 2.24) is 5.06 Å². The van der Waals surface area contributed by atoms with Gasteiger partial charge in [-0.2, -0.15) is 23.5 Å². The van der Waals surface area contributed by atoms with Crippen LogP contribution in [0.1, 0.15) is 42.5 Å². The maximum atomic E-state index is 13.3. The molecule has 1 heterocycles. The second-order valence-electron chi connectivity index (χ2n) is 8.01. The van der Waals surface area contributed by atoms with Crippen LogP contribution in [-0.2, 0) is 17.6 Å². The summed E-state index contributed by atoms with van der Waals surface area (Å²) in [5, 5.41) is 11.4. The van der Waals surface area contributed by atoms with Crippen molar-refractivity contribution in [2.75, 3.05) is 18.1 Å². The summed E-state index contributed by atoms with van der Waals surface area (Å²) in [6, 6.07) is 11.2. The van der Waals surface area contributed by atoms with Crippen molar-refractivity contribution in [2.45, 2.75) is 52.0 Å². The smallest absolute Gasteiger partial charge is 0.363 e. The number of rotatable bonds is 5. The predicted octanol–water partition coefficient (Wildman–Crippen LogP) is 5.96. The molecule has 0 N–H and O–H groups in total. The molecule has 1 atom stereocenters. The third kappa shape index (κ3) is 5.51. The summed E-state index contributed by atoms with van der Waals surface area (Å²) in [5.41, 5.74) is 1.83. The van der Waals surface area contributed by atoms with Crippen LogP contribution in [0.25, 0.3) is 0 Å². The Bertz CT molecular complexity index is 972. The summed E-state index contributed by atoms with van der Waals surface area (Å²) in [6.45, 7) is 7.28. The van der Waals surface area contributed by atoms with Gasteiger partial charge in [-0.15, -0.1) is 0 Å². The number of aryl methyl sites for hydroxylation is 1. The Morgan fingerprint density at radius 3 is 2.61 bits per heavy atom. The van der Waals surface area contributed by atoms with Crippen LogP contribution in [0.2, 0.25) is 5.02 Å². The molecule has 3 rings (SSSR count). The van der Waals surface area contributed by atoms with E-state index < -0.39 is 11.7 Å². The van der Waals surface area contributed by atoms with E-state index in [4.69, 9.17) is 16.4 Å². The van der Waals surface area contributed by atoms with Crippen LogP contribution in [0, 0.1) is 18.3 Å². The van der Waals surface area contributed by atoms with Gasteiger partial charge in [-0.1, -0.05) is 17.7 Å². The van der Waals surface area contributed by atoms with Gasteiger partial charge in [0.25, 0.3) is 0 Å². The van der Waals surface area contributed by atoms with Crippen molar-refractivity contribution < 1.29 is 18.0 Å². The largest absolute Gasteiger partial charge is 0.416 e. The zero-order chi connectivity index (χ0) is 22.8. The lowest BCUT2D eigenvalue weighted by Crippen LogP contribution is -2.50. The SMILES string of the molecule is Cc1ccc(C(F)(F)F)cc1CN(c1ccc(C#N)c(Cl)c1)[C@H]1CCON(C(C)C)C1. The highest BCUT2D eigenvalue weighted by atomic mass is 35.5. The van der Waals surface area contributed by atoms with Gasteiger partial charge in [-0.05, 0) is 68.7 Å². The Labute approximate surface area is 185 Å². The van der Waals surface area contributed by atoms with Gasteiger partial charge in [0.2, 0.25) is 0 Å². The molecule has 0 saturated carbocycles. The van der Waals surface area contributed by atoms with Crippen LogP contribution in [0.15, 0.2) is 36.4 Å². The standard InChI is InChI=1S/C23H25ClF3N3O/c1-15(2)30-14-21(8-9-31-30)29(20-7-5-17(12-28)22(24)11-20)13-18-10-19(23(25,26)27)6-4-16(18)3/h4-7,10-11,15,21H,8-9,13-14H2,1-3H3/t21-/m0/s1. The number of hydroxylamine groups is 2. The van der Waals surface area contributed by atoms with E-state index in [1.54, 1.807) is 18.2 Å². The van der Waals surface area contributed by atoms with E-state index in [0.29, 0.717) is 29.3 Å². The number of hydrogen-bond acceptors (Lipinski definition) is 4. The fourth-order valence-corrected chi connectivity index (χ4v) is 3.90. The molecule has 0 radical (unpaired) electrons. The zero-order valence-corrected chi connectivity index (χ0v) is 18.5. The van der Waals surface area contributed by atoms with Crippen LogP contribution in [-0.4, -0.2) is 30.3 Å². The number of nitriles is 1. The van der Waals surface area contributed by atoms with E-state index in [9.17, 15) is 18.4 Å². The molecule has 1 fully saturated rings. The monoisotopic (exact) mass is 451 g/mol. The summed E-state index contributed by atoms with van der Waals surface area (Å²) in [4.78, 5) is 7.81. The number of nitrogens with zero attached hydrogens (tertiary/aromatic N) is 3. The van der Waals surface area contributed by atoms with Crippen molar-refractivity contribution in [3.05, 3.63) is 63.7 Å². The van der Waals surface area contributed by atoms with Crippen molar-refractivity contribution in [2.24, 2.45) is 0 Å². The third-order valence-corrected chi connectivity index (χ3v) is 5.85. The number of alkyl halides is 3. The van der Waals surface area contributed by atoms with Crippen LogP contribution in [0.5, 0.6) is 0 Å². The number of anilines is 1. The molecular formula is C23H25ClF3N3O. The first-order valence-corrected chi connectivity index (χ1v) is 10.5. The Balaban J connectivity index is 2.01. The molecule has 166 valence electrons. The molecule has 0 unspecified atom stereocenters. The number of benzene rings is 2. The van der Waals surface area contributed by atoms with E-state index >= 15 is 0 Å². The molecule has 0 amide bonds. The number of hydrogen-bond donors (Lipinski definition) is 0. The highest BCUT2D eigenvalue weighted by molar-refractivity contribution is 6.32. The van der Waals surface area contributed by atoms with Crippen molar-refractivity contribution >= 4 is 17.3 Å². The van der Waals surface area contributed by atoms with Gasteiger partial charge in [0.1, 0.15) is 6.07 Å². The van der Waals surface area contributed by atoms with Crippen LogP contribution in [0.3, 0.4) is 0 Å². The molecule has 2 aromatic rings. The Morgan fingerprint density at radius 2 is 2.00 bits per heavy atom. The molecule has 31 heavy (non-hydrogen) atoms. The minimum atomic E-state index is -4.40. The van der Waals surface area contributed by atoms with E-state index in [1.165, 1.54) is 12.1 Å². The normalized spacial score (nSPS) is 17.6. The Kier molecular flexibility index (Phi) is 7.15. The van der Waals surface area contributed by atoms with E-state index in [1.807, 2.05) is 31.9 Å². The maximum Gasteiger partial charge on any atom is 0.416 e. The average molecular weight is 452 g/mol. The lowest BCUT2D eigenvalue weighted by atomic mass is 10.0. The Hall–Kier alpha value is -2.27. The van der Waals surface area contributed by atoms with Gasteiger partial charge in [-0.3, -0.25) is 4.84 Å². The molecule has 0 bridgehead atoms. The van der Waals surface area contributed by atoms with Crippen LogP contribution in [0.4, 0.5) is 18.9 Å². The molecule has 0 aliphatic carbocycles. The zero-order valence-electron chi connectivity index (χ0n) is 17.7. The minimum absolute atomic E-state index is 0.00842. The van der Waals surface area contributed by atoms with Gasteiger partial charge in [-0.25, -0.2) is 0 Å². The molecule has 4 nitrogen and oxygen atoms in total. The van der Waals surface area contributed by atoms with Crippen molar-refractivity contribution in [3.8, 4) is 6.07 Å². The summed E-state index contributed by atoms with van der Waals surface area (Å²) < 4.78 is 39.9. The molecule has 1 saturated heterocycles. The second-order valence-corrected chi connectivity index (χ2v) is 8.42. The van der Waals surface area contributed by atoms with Gasteiger partial charge >= 0.3 is 6.18 Å². The average Bonchev–Trinajstić information content (AvgIpc) is 2.72. The quantitative estimate of drug-likeness (QED) is 0.562. The first kappa shape index (κ1) is 23.4. The first-order chi connectivity index (χ1) is 14.6. The fourth-order valence-electron chi connectivity index (χ4n) is 3.68. The van der Waals surface area contributed by atoms with Gasteiger partial charge < -0.3 is 4.90 Å². The summed E-state index contributed by atoms with van der Waals surface area (Å²) >= 11 is 6.28. The lowest BCUT2D eigenvalue weighted by molar-refractivity contribution is -0.203. The lowest BCUT2D eigenvalue weighted by Gasteiger charge is -2.41. The molecular weight excluding hydrogens is 427 g/mol. The van der Waals surface area contributed by atoms with E-state index in [-0.39, 0.29) is 18.6 Å². The molecule has 8 heteroatoms. The first-order valence-electron chi connectivity index (χ1n) is 10.1. The Morgan fingerprint density at radius 1 is 1.26 bits per heavy atom. The molecule has 0 spiro atoms. The van der Waals surface area contributed by atoms with Crippen molar-refractivity contribution in [1.29, 1.82) is 5.26 Å². The topological polar surface area (TPSA) is 39.5 Å². The summed E-state index contributed by atoms with van der Waals surface area (Å²) in [7, 11) is 0. The highest BCUT2D eigenvalue weighted by Crippen LogP contribution is 2.33. The molecule has 0 aromatic heterocycles. The van der Waals surface area contributed by atoms with Crippen molar-refractivity contribution in [3.63, 3.8) is 0 Å². The predicted molar refractivity (Wildman–Crippen MR) is 115 cm³/mol. The second kappa shape index (κ2) is 9.47. The fraction of sp³-hybridized carbons (Fsp3) is 0.435.